The molecule has 8 nitrogen and oxygen atoms in total. The third-order valence-corrected chi connectivity index (χ3v) is 11.0. The number of piperazine rings is 1. The molecule has 14 heteroatoms. The number of ether oxygens (including phenoxy) is 1. The Morgan fingerprint density at radius 2 is 1.98 bits per heavy atom. The summed E-state index contributed by atoms with van der Waals surface area (Å²) in [5.74, 6) is -0.719. The van der Waals surface area contributed by atoms with Gasteiger partial charge in [0.1, 0.15) is 23.8 Å². The maximum Gasteiger partial charge on any atom is 0.418 e. The van der Waals surface area contributed by atoms with Gasteiger partial charge < -0.3 is 20.7 Å². The predicted octanol–water partition coefficient (Wildman–Crippen LogP) is 6.62. The fraction of sp³-hybridized carbons (Fsp3) is 0.500. The molecule has 3 N–H and O–H groups in total. The van der Waals surface area contributed by atoms with Crippen LogP contribution in [-0.2, 0) is 6.18 Å². The molecule has 4 fully saturated rings. The molecule has 0 unspecified atom stereocenters. The summed E-state index contributed by atoms with van der Waals surface area (Å²) < 4.78 is 94.0. The molecule has 2 aromatic heterocycles. The number of nitrogens with two attached hydrogens (primary N) is 1. The Kier molecular flexibility index (Phi) is 7.22. The van der Waals surface area contributed by atoms with Crippen LogP contribution in [0.4, 0.5) is 38.0 Å². The zero-order valence-corrected chi connectivity index (χ0v) is 26.5. The summed E-state index contributed by atoms with van der Waals surface area (Å²) in [6, 6.07) is 2.66. The summed E-state index contributed by atoms with van der Waals surface area (Å²) in [4.78, 5) is 17.6. The zero-order chi connectivity index (χ0) is 33.7. The van der Waals surface area contributed by atoms with Crippen LogP contribution in [0.2, 0.25) is 0 Å². The Morgan fingerprint density at radius 1 is 1.17 bits per heavy atom. The molecule has 7 heterocycles. The number of anilines is 2. The molecular weight excluding hydrogens is 636 g/mol. The molecule has 1 aromatic carbocycles. The van der Waals surface area contributed by atoms with Gasteiger partial charge >= 0.3 is 12.2 Å². The van der Waals surface area contributed by atoms with E-state index in [-0.39, 0.29) is 71.7 Å². The van der Waals surface area contributed by atoms with E-state index in [0.717, 1.165) is 30.9 Å². The number of allylic oxidation sites excluding steroid dienone is 1. The average Bonchev–Trinajstić information content (AvgIpc) is 3.69. The smallest absolute Gasteiger partial charge is 0.418 e. The summed E-state index contributed by atoms with van der Waals surface area (Å²) in [5.41, 5.74) is 4.26. The Morgan fingerprint density at radius 3 is 2.73 bits per heavy atom. The van der Waals surface area contributed by atoms with E-state index in [2.05, 4.69) is 20.2 Å². The summed E-state index contributed by atoms with van der Waals surface area (Å²) in [6.07, 6.45) is -0.550. The first-order valence-corrected chi connectivity index (χ1v) is 16.3. The van der Waals surface area contributed by atoms with Crippen LogP contribution in [0.1, 0.15) is 62.1 Å². The molecule has 254 valence electrons. The molecule has 0 aliphatic carbocycles. The lowest BCUT2D eigenvalue weighted by molar-refractivity contribution is -0.137. The quantitative estimate of drug-likeness (QED) is 0.299. The van der Waals surface area contributed by atoms with Gasteiger partial charge in [0.25, 0.3) is 6.08 Å². The lowest BCUT2D eigenvalue weighted by Crippen LogP contribution is -2.58. The van der Waals surface area contributed by atoms with Crippen molar-refractivity contribution in [2.45, 2.75) is 82.2 Å². The molecule has 0 radical (unpaired) electrons. The van der Waals surface area contributed by atoms with Crippen molar-refractivity contribution < 1.29 is 31.1 Å². The van der Waals surface area contributed by atoms with Crippen molar-refractivity contribution in [3.05, 3.63) is 52.4 Å². The topological polar surface area (TPSA) is 92.4 Å². The lowest BCUT2D eigenvalue weighted by atomic mass is 9.90. The second-order valence-corrected chi connectivity index (χ2v) is 13.8. The van der Waals surface area contributed by atoms with Gasteiger partial charge in [-0.05, 0) is 87.7 Å². The van der Waals surface area contributed by atoms with E-state index >= 15 is 4.39 Å². The van der Waals surface area contributed by atoms with Gasteiger partial charge in [0.15, 0.2) is 5.82 Å². The first kappa shape index (κ1) is 31.4. The number of pyridine rings is 1. The maximum atomic E-state index is 17.0. The maximum absolute atomic E-state index is 17.0. The van der Waals surface area contributed by atoms with E-state index in [0.29, 0.717) is 42.7 Å². The van der Waals surface area contributed by atoms with Crippen molar-refractivity contribution in [1.82, 2.24) is 25.2 Å². The van der Waals surface area contributed by atoms with Crippen LogP contribution in [0.5, 0.6) is 6.01 Å². The molecule has 48 heavy (non-hydrogen) atoms. The predicted molar refractivity (Wildman–Crippen MR) is 169 cm³/mol. The third kappa shape index (κ3) is 4.85. The Balaban J connectivity index is 1.34. The second kappa shape index (κ2) is 11.1. The minimum absolute atomic E-state index is 0.00737. The Labute approximate surface area is 273 Å². The fourth-order valence-corrected chi connectivity index (χ4v) is 8.85. The van der Waals surface area contributed by atoms with Crippen molar-refractivity contribution in [2.75, 3.05) is 36.9 Å². The van der Waals surface area contributed by atoms with Gasteiger partial charge in [-0.15, -0.1) is 0 Å². The number of nitrogen functional groups attached to an aromatic ring is 1. The molecule has 0 spiro atoms. The molecule has 4 saturated heterocycles. The van der Waals surface area contributed by atoms with Crippen LogP contribution in [0.25, 0.3) is 27.7 Å². The van der Waals surface area contributed by atoms with Gasteiger partial charge in [0.05, 0.1) is 22.2 Å². The second-order valence-electron chi connectivity index (χ2n) is 13.8. The Hall–Kier alpha value is -3.91. The summed E-state index contributed by atoms with van der Waals surface area (Å²) in [6.45, 7) is 4.54. The number of alkyl halides is 3. The van der Waals surface area contributed by atoms with Crippen LogP contribution in [0.3, 0.4) is 0 Å². The number of hydrogen-bond acceptors (Lipinski definition) is 8. The summed E-state index contributed by atoms with van der Waals surface area (Å²) in [5, 5.41) is 4.07. The highest BCUT2D eigenvalue weighted by molar-refractivity contribution is 6.03. The van der Waals surface area contributed by atoms with Crippen molar-refractivity contribution >= 4 is 28.1 Å². The van der Waals surface area contributed by atoms with Crippen LogP contribution >= 0.6 is 0 Å². The first-order chi connectivity index (χ1) is 22.9. The molecule has 0 amide bonds. The van der Waals surface area contributed by atoms with Crippen LogP contribution in [-0.4, -0.2) is 69.8 Å². The number of benzene rings is 1. The van der Waals surface area contributed by atoms with E-state index in [4.69, 9.17) is 15.5 Å². The van der Waals surface area contributed by atoms with Crippen LogP contribution in [0.15, 0.2) is 29.9 Å². The largest absolute Gasteiger partial charge is 0.461 e. The van der Waals surface area contributed by atoms with Gasteiger partial charge in [0, 0.05) is 42.4 Å². The standard InChI is InChI=1S/C34H35F6N7O/c1-3-17-10-23-22-6-5-19(42-22)14-47(23)31-25-20(17)11-21(28-26(34(38,39)40)16(2)9-24(41)43-28)27(35)29(25)44-32(45-31)48-15-33-7-4-8-46(33)13-18(12-33)30(36)37/h3,9,11,19,22-23,42H,4-8,10,12-15H2,1-2H3,(H2,41,43)/b17-3-/t19-,22+,23+,33+/m1/s1. The number of aryl methyl sites for hydroxylation is 1. The Bertz CT molecular complexity index is 1910. The van der Waals surface area contributed by atoms with Gasteiger partial charge in [-0.25, -0.2) is 9.37 Å². The molecule has 0 saturated carbocycles. The number of hydrogen-bond donors (Lipinski definition) is 2. The zero-order valence-electron chi connectivity index (χ0n) is 26.5. The van der Waals surface area contributed by atoms with E-state index in [1.165, 1.54) is 13.0 Å². The fourth-order valence-electron chi connectivity index (χ4n) is 8.85. The highest BCUT2D eigenvalue weighted by atomic mass is 19.4. The normalized spacial score (nSPS) is 27.5. The summed E-state index contributed by atoms with van der Waals surface area (Å²) in [7, 11) is 0. The van der Waals surface area contributed by atoms with Crippen molar-refractivity contribution in [2.24, 2.45) is 0 Å². The lowest BCUT2D eigenvalue weighted by Gasteiger charge is -2.41. The minimum atomic E-state index is -4.84. The molecule has 2 bridgehead atoms. The first-order valence-electron chi connectivity index (χ1n) is 16.3. The van der Waals surface area contributed by atoms with Gasteiger partial charge in [-0.1, -0.05) is 6.08 Å². The number of fused-ring (bicyclic) bond motifs is 6. The molecular formula is C34H35F6N7O. The molecule has 5 aliphatic heterocycles. The summed E-state index contributed by atoms with van der Waals surface area (Å²) >= 11 is 0. The molecule has 3 aromatic rings. The van der Waals surface area contributed by atoms with Gasteiger partial charge in [-0.3, -0.25) is 4.90 Å². The van der Waals surface area contributed by atoms with E-state index in [1.807, 2.05) is 17.9 Å². The van der Waals surface area contributed by atoms with Crippen LogP contribution in [0, 0.1) is 12.7 Å². The van der Waals surface area contributed by atoms with Crippen molar-refractivity contribution in [3.63, 3.8) is 0 Å². The monoisotopic (exact) mass is 671 g/mol. The molecule has 5 aliphatic rings. The number of nitrogens with zero attached hydrogens (tertiary/aromatic N) is 5. The number of nitrogens with one attached hydrogen (secondary N) is 1. The van der Waals surface area contributed by atoms with E-state index in [9.17, 15) is 22.0 Å². The minimum Gasteiger partial charge on any atom is -0.461 e. The van der Waals surface area contributed by atoms with Crippen molar-refractivity contribution in [3.8, 4) is 17.3 Å². The third-order valence-electron chi connectivity index (χ3n) is 11.0. The van der Waals surface area contributed by atoms with Crippen LogP contribution < -0.4 is 20.7 Å². The van der Waals surface area contributed by atoms with E-state index in [1.54, 1.807) is 0 Å². The van der Waals surface area contributed by atoms with Gasteiger partial charge in [-0.2, -0.15) is 31.9 Å². The number of halogens is 6. The molecule has 4 atom stereocenters. The highest BCUT2D eigenvalue weighted by Crippen LogP contribution is 2.48. The van der Waals surface area contributed by atoms with Crippen molar-refractivity contribution in [1.29, 1.82) is 0 Å². The number of aromatic nitrogens is 3. The van der Waals surface area contributed by atoms with E-state index < -0.39 is 34.9 Å². The number of rotatable bonds is 4. The SMILES string of the molecule is C/C=C1/C[C@H]2[C@@H]3CC[C@H](CN2c2nc(OC[C@@]45CCCN4CC(=C(F)F)C5)nc4c(F)c(-c5nc(N)cc(C)c5C(F)(F)F)cc1c24)N3. The highest BCUT2D eigenvalue weighted by Gasteiger charge is 2.49. The van der Waals surface area contributed by atoms with Gasteiger partial charge in [0.2, 0.25) is 0 Å². The average molecular weight is 672 g/mol. The molecule has 8 rings (SSSR count).